The third kappa shape index (κ3) is 3.34. The Morgan fingerprint density at radius 1 is 1.85 bits per heavy atom. The van der Waals surface area contributed by atoms with E-state index in [1.54, 1.807) is 6.92 Å². The average molecular weight is 202 g/mol. The van der Waals surface area contributed by atoms with E-state index in [1.807, 2.05) is 0 Å². The Morgan fingerprint density at radius 3 is 3.15 bits per heavy atom. The Labute approximate surface area is 79.1 Å². The summed E-state index contributed by atoms with van der Waals surface area (Å²) >= 11 is 1.09. The standard InChI is InChI=1S/C6H10N4O2S/c1-4(3-11)8-6(12)9-5-2-7-10-13-5/h2,4,11H,3H2,1H3,(H2,8,9,12). The average Bonchev–Trinajstić information content (AvgIpc) is 2.56. The summed E-state index contributed by atoms with van der Waals surface area (Å²) in [5.41, 5.74) is 0. The second kappa shape index (κ2) is 4.73. The lowest BCUT2D eigenvalue weighted by Gasteiger charge is -2.09. The fourth-order valence-electron chi connectivity index (χ4n) is 0.640. The quantitative estimate of drug-likeness (QED) is 0.646. The molecule has 0 spiro atoms. The molecule has 1 rings (SSSR count). The smallest absolute Gasteiger partial charge is 0.320 e. The number of hydrogen-bond donors (Lipinski definition) is 3. The normalized spacial score (nSPS) is 12.2. The highest BCUT2D eigenvalue weighted by atomic mass is 32.1. The predicted molar refractivity (Wildman–Crippen MR) is 48.6 cm³/mol. The van der Waals surface area contributed by atoms with Crippen LogP contribution in [0, 0.1) is 0 Å². The number of rotatable bonds is 3. The van der Waals surface area contributed by atoms with Crippen LogP contribution in [-0.4, -0.2) is 33.4 Å². The summed E-state index contributed by atoms with van der Waals surface area (Å²) in [7, 11) is 0. The minimum atomic E-state index is -0.368. The van der Waals surface area contributed by atoms with Gasteiger partial charge in [-0.25, -0.2) is 4.79 Å². The molecule has 1 aromatic heterocycles. The Balaban J connectivity index is 2.34. The van der Waals surface area contributed by atoms with E-state index in [-0.39, 0.29) is 18.7 Å². The third-order valence-corrected chi connectivity index (χ3v) is 1.83. The number of nitrogens with zero attached hydrogens (tertiary/aromatic N) is 2. The van der Waals surface area contributed by atoms with Crippen molar-refractivity contribution in [3.05, 3.63) is 6.20 Å². The van der Waals surface area contributed by atoms with Crippen molar-refractivity contribution in [2.24, 2.45) is 0 Å². The van der Waals surface area contributed by atoms with Crippen molar-refractivity contribution in [2.75, 3.05) is 11.9 Å². The number of hydrogen-bond acceptors (Lipinski definition) is 5. The number of anilines is 1. The van der Waals surface area contributed by atoms with Crippen molar-refractivity contribution < 1.29 is 9.90 Å². The topological polar surface area (TPSA) is 87.1 Å². The van der Waals surface area contributed by atoms with Crippen LogP contribution >= 0.6 is 11.5 Å². The van der Waals surface area contributed by atoms with E-state index in [9.17, 15) is 4.79 Å². The lowest BCUT2D eigenvalue weighted by Crippen LogP contribution is -2.37. The SMILES string of the molecule is CC(CO)NC(=O)Nc1cnns1. The first kappa shape index (κ1) is 9.87. The van der Waals surface area contributed by atoms with Gasteiger partial charge in [0.1, 0.15) is 5.00 Å². The molecule has 3 N–H and O–H groups in total. The first-order valence-corrected chi connectivity index (χ1v) is 4.45. The number of aromatic nitrogens is 2. The first-order chi connectivity index (χ1) is 6.22. The lowest BCUT2D eigenvalue weighted by molar-refractivity contribution is 0.229. The summed E-state index contributed by atoms with van der Waals surface area (Å²) in [6, 6.07) is -0.631. The summed E-state index contributed by atoms with van der Waals surface area (Å²) in [5.74, 6) is 0. The molecule has 0 saturated heterocycles. The Bertz CT molecular complexity index is 264. The monoisotopic (exact) mass is 202 g/mol. The number of carbonyl (C=O) groups excluding carboxylic acids is 1. The molecule has 1 atom stereocenters. The van der Waals surface area contributed by atoms with Crippen molar-refractivity contribution in [1.29, 1.82) is 0 Å². The highest BCUT2D eigenvalue weighted by molar-refractivity contribution is 7.10. The third-order valence-electron chi connectivity index (χ3n) is 1.25. The molecule has 6 nitrogen and oxygen atoms in total. The molecule has 0 fully saturated rings. The van der Waals surface area contributed by atoms with Crippen molar-refractivity contribution in [3.63, 3.8) is 0 Å². The van der Waals surface area contributed by atoms with E-state index in [4.69, 9.17) is 5.11 Å². The minimum absolute atomic E-state index is 0.0889. The van der Waals surface area contributed by atoms with Crippen molar-refractivity contribution >= 4 is 22.6 Å². The molecule has 72 valence electrons. The number of carbonyl (C=O) groups is 1. The second-order valence-electron chi connectivity index (χ2n) is 2.46. The highest BCUT2D eigenvalue weighted by Gasteiger charge is 2.06. The van der Waals surface area contributed by atoms with Crippen LogP contribution in [0.4, 0.5) is 9.80 Å². The zero-order valence-electron chi connectivity index (χ0n) is 7.02. The van der Waals surface area contributed by atoms with Gasteiger partial charge in [0.2, 0.25) is 0 Å². The van der Waals surface area contributed by atoms with Crippen molar-refractivity contribution in [1.82, 2.24) is 14.9 Å². The molecular formula is C6H10N4O2S. The van der Waals surface area contributed by atoms with Gasteiger partial charge in [-0.1, -0.05) is 4.49 Å². The van der Waals surface area contributed by atoms with Gasteiger partial charge in [0.25, 0.3) is 0 Å². The van der Waals surface area contributed by atoms with Gasteiger partial charge in [-0.15, -0.1) is 5.10 Å². The maximum absolute atomic E-state index is 11.1. The zero-order chi connectivity index (χ0) is 9.68. The summed E-state index contributed by atoms with van der Waals surface area (Å²) < 4.78 is 3.57. The Hall–Kier alpha value is -1.21. The fraction of sp³-hybridized carbons (Fsp3) is 0.500. The van der Waals surface area contributed by atoms with Gasteiger partial charge >= 0.3 is 6.03 Å². The van der Waals surface area contributed by atoms with Gasteiger partial charge in [0.15, 0.2) is 0 Å². The molecule has 0 radical (unpaired) electrons. The summed E-state index contributed by atoms with van der Waals surface area (Å²) in [5, 5.41) is 17.8. The van der Waals surface area contributed by atoms with Gasteiger partial charge in [0, 0.05) is 11.5 Å². The molecule has 7 heteroatoms. The highest BCUT2D eigenvalue weighted by Crippen LogP contribution is 2.08. The molecule has 2 amide bonds. The molecule has 1 unspecified atom stereocenters. The molecule has 1 aromatic rings. The largest absolute Gasteiger partial charge is 0.394 e. The van der Waals surface area contributed by atoms with Crippen molar-refractivity contribution in [2.45, 2.75) is 13.0 Å². The molecule has 0 aromatic carbocycles. The number of aliphatic hydroxyl groups is 1. The van der Waals surface area contributed by atoms with Crippen LogP contribution in [-0.2, 0) is 0 Å². The molecule has 0 bridgehead atoms. The van der Waals surface area contributed by atoms with E-state index in [1.165, 1.54) is 6.20 Å². The second-order valence-corrected chi connectivity index (χ2v) is 3.25. The maximum atomic E-state index is 11.1. The number of urea groups is 1. The maximum Gasteiger partial charge on any atom is 0.320 e. The van der Waals surface area contributed by atoms with Crippen LogP contribution in [0.1, 0.15) is 6.92 Å². The lowest BCUT2D eigenvalue weighted by atomic mass is 10.4. The van der Waals surface area contributed by atoms with E-state index in [0.717, 1.165) is 11.5 Å². The van der Waals surface area contributed by atoms with Crippen molar-refractivity contribution in [3.8, 4) is 0 Å². The van der Waals surface area contributed by atoms with E-state index in [2.05, 4.69) is 20.2 Å². The van der Waals surface area contributed by atoms with Crippen LogP contribution in [0.15, 0.2) is 6.20 Å². The Kier molecular flexibility index (Phi) is 3.59. The zero-order valence-corrected chi connectivity index (χ0v) is 7.84. The molecule has 0 aliphatic heterocycles. The van der Waals surface area contributed by atoms with Crippen LogP contribution in [0.2, 0.25) is 0 Å². The van der Waals surface area contributed by atoms with Gasteiger partial charge < -0.3 is 10.4 Å². The van der Waals surface area contributed by atoms with Gasteiger partial charge in [-0.3, -0.25) is 5.32 Å². The molecular weight excluding hydrogens is 192 g/mol. The van der Waals surface area contributed by atoms with E-state index >= 15 is 0 Å². The number of nitrogens with one attached hydrogen (secondary N) is 2. The summed E-state index contributed by atoms with van der Waals surface area (Å²) in [6.07, 6.45) is 1.45. The van der Waals surface area contributed by atoms with Crippen LogP contribution in [0.3, 0.4) is 0 Å². The van der Waals surface area contributed by atoms with Gasteiger partial charge in [-0.05, 0) is 6.92 Å². The van der Waals surface area contributed by atoms with E-state index < -0.39 is 0 Å². The molecule has 0 saturated carbocycles. The van der Waals surface area contributed by atoms with E-state index in [0.29, 0.717) is 5.00 Å². The van der Waals surface area contributed by atoms with Crippen LogP contribution < -0.4 is 10.6 Å². The van der Waals surface area contributed by atoms with Crippen LogP contribution in [0.5, 0.6) is 0 Å². The molecule has 1 heterocycles. The number of amides is 2. The van der Waals surface area contributed by atoms with Gasteiger partial charge in [0.05, 0.1) is 18.8 Å². The summed E-state index contributed by atoms with van der Waals surface area (Å²) in [6.45, 7) is 1.61. The van der Waals surface area contributed by atoms with Crippen LogP contribution in [0.25, 0.3) is 0 Å². The molecule has 0 aliphatic carbocycles. The number of aliphatic hydroxyl groups excluding tert-OH is 1. The summed E-state index contributed by atoms with van der Waals surface area (Å²) in [4.78, 5) is 11.1. The minimum Gasteiger partial charge on any atom is -0.394 e. The fourth-order valence-corrected chi connectivity index (χ4v) is 1.05. The predicted octanol–water partition coefficient (Wildman–Crippen LogP) is 0.0404. The molecule has 13 heavy (non-hydrogen) atoms. The molecule has 0 aliphatic rings. The Morgan fingerprint density at radius 2 is 2.62 bits per heavy atom. The van der Waals surface area contributed by atoms with Gasteiger partial charge in [-0.2, -0.15) is 0 Å². The first-order valence-electron chi connectivity index (χ1n) is 3.68.